The molecule has 17 heavy (non-hydrogen) atoms. The quantitative estimate of drug-likeness (QED) is 0.799. The third-order valence-electron chi connectivity index (χ3n) is 4.11. The highest BCUT2D eigenvalue weighted by Gasteiger charge is 2.31. The first kappa shape index (κ1) is 11.3. The van der Waals surface area contributed by atoms with Gasteiger partial charge in [-0.25, -0.2) is 0 Å². The van der Waals surface area contributed by atoms with Crippen LogP contribution in [0.5, 0.6) is 0 Å². The number of hydrogen-bond donors (Lipinski definition) is 1. The standard InChI is InChI=1S/C14H22N2O/c17-11-12-3-1-2-4-14(12)16-9-7-15(8-10-16)13-5-6-13/h3-4,13,17H,1-2,5-11H2. The maximum absolute atomic E-state index is 9.40. The Morgan fingerprint density at radius 2 is 1.76 bits per heavy atom. The van der Waals surface area contributed by atoms with Gasteiger partial charge in [0.25, 0.3) is 0 Å². The van der Waals surface area contributed by atoms with Crippen LogP contribution in [0.15, 0.2) is 23.4 Å². The van der Waals surface area contributed by atoms with Gasteiger partial charge >= 0.3 is 0 Å². The number of aliphatic hydroxyl groups is 1. The topological polar surface area (TPSA) is 26.7 Å². The summed E-state index contributed by atoms with van der Waals surface area (Å²) in [6.45, 7) is 4.83. The molecule has 0 amide bonds. The highest BCUT2D eigenvalue weighted by atomic mass is 16.3. The molecule has 0 aromatic heterocycles. The molecule has 0 atom stereocenters. The van der Waals surface area contributed by atoms with Crippen LogP contribution in [-0.2, 0) is 0 Å². The molecule has 1 aliphatic heterocycles. The first-order chi connectivity index (χ1) is 8.38. The van der Waals surface area contributed by atoms with Gasteiger partial charge in [-0.15, -0.1) is 0 Å². The van der Waals surface area contributed by atoms with E-state index in [1.807, 2.05) is 0 Å². The lowest BCUT2D eigenvalue weighted by atomic mass is 10.0. The summed E-state index contributed by atoms with van der Waals surface area (Å²) in [4.78, 5) is 5.09. The molecule has 1 N–H and O–H groups in total. The van der Waals surface area contributed by atoms with E-state index in [0.717, 1.165) is 37.5 Å². The third-order valence-corrected chi connectivity index (χ3v) is 4.11. The van der Waals surface area contributed by atoms with Crippen molar-refractivity contribution in [3.05, 3.63) is 23.4 Å². The zero-order chi connectivity index (χ0) is 11.7. The molecule has 3 nitrogen and oxygen atoms in total. The Balaban J connectivity index is 1.61. The Morgan fingerprint density at radius 3 is 2.41 bits per heavy atom. The maximum Gasteiger partial charge on any atom is 0.0698 e. The molecule has 1 heterocycles. The van der Waals surface area contributed by atoms with Gasteiger partial charge in [0.1, 0.15) is 0 Å². The van der Waals surface area contributed by atoms with Crippen molar-refractivity contribution < 1.29 is 5.11 Å². The number of nitrogens with zero attached hydrogens (tertiary/aromatic N) is 2. The monoisotopic (exact) mass is 234 g/mol. The lowest BCUT2D eigenvalue weighted by Gasteiger charge is -2.38. The first-order valence-corrected chi connectivity index (χ1v) is 6.88. The van der Waals surface area contributed by atoms with E-state index < -0.39 is 0 Å². The molecule has 0 unspecified atom stereocenters. The molecule has 0 aromatic carbocycles. The number of rotatable bonds is 3. The van der Waals surface area contributed by atoms with Gasteiger partial charge in [0, 0.05) is 37.9 Å². The maximum atomic E-state index is 9.40. The fraction of sp³-hybridized carbons (Fsp3) is 0.714. The Labute approximate surface area is 103 Å². The summed E-state index contributed by atoms with van der Waals surface area (Å²) < 4.78 is 0. The van der Waals surface area contributed by atoms with Gasteiger partial charge in [0.2, 0.25) is 0 Å². The minimum absolute atomic E-state index is 0.189. The molecule has 3 rings (SSSR count). The fourth-order valence-electron chi connectivity index (χ4n) is 2.96. The van der Waals surface area contributed by atoms with E-state index in [-0.39, 0.29) is 6.61 Å². The van der Waals surface area contributed by atoms with Crippen LogP contribution < -0.4 is 0 Å². The van der Waals surface area contributed by atoms with Crippen LogP contribution in [0, 0.1) is 0 Å². The van der Waals surface area contributed by atoms with Crippen molar-refractivity contribution in [2.45, 2.75) is 31.7 Å². The zero-order valence-corrected chi connectivity index (χ0v) is 10.4. The van der Waals surface area contributed by atoms with Gasteiger partial charge in [0.15, 0.2) is 0 Å². The van der Waals surface area contributed by atoms with E-state index in [2.05, 4.69) is 22.0 Å². The third kappa shape index (κ3) is 2.40. The van der Waals surface area contributed by atoms with Gasteiger partial charge in [-0.1, -0.05) is 12.2 Å². The summed E-state index contributed by atoms with van der Waals surface area (Å²) >= 11 is 0. The molecular weight excluding hydrogens is 212 g/mol. The summed E-state index contributed by atoms with van der Waals surface area (Å²) in [7, 11) is 0. The SMILES string of the molecule is OCC1=CCCC=C1N1CCN(C2CC2)CC1. The number of aliphatic hydroxyl groups excluding tert-OH is 1. The van der Waals surface area contributed by atoms with Crippen molar-refractivity contribution >= 4 is 0 Å². The average molecular weight is 234 g/mol. The lowest BCUT2D eigenvalue weighted by Crippen LogP contribution is -2.47. The second kappa shape index (κ2) is 4.83. The summed E-state index contributed by atoms with van der Waals surface area (Å²) in [6, 6.07) is 0.894. The molecule has 2 aliphatic carbocycles. The minimum Gasteiger partial charge on any atom is -0.392 e. The van der Waals surface area contributed by atoms with Crippen LogP contribution in [-0.4, -0.2) is 53.7 Å². The highest BCUT2D eigenvalue weighted by molar-refractivity contribution is 5.33. The summed E-state index contributed by atoms with van der Waals surface area (Å²) in [6.07, 6.45) is 9.53. The van der Waals surface area contributed by atoms with Crippen molar-refractivity contribution in [1.29, 1.82) is 0 Å². The summed E-state index contributed by atoms with van der Waals surface area (Å²) in [5, 5.41) is 9.40. The van der Waals surface area contributed by atoms with Crippen molar-refractivity contribution in [2.24, 2.45) is 0 Å². The van der Waals surface area contributed by atoms with Gasteiger partial charge in [-0.05, 0) is 31.3 Å². The Kier molecular flexibility index (Phi) is 3.21. The summed E-state index contributed by atoms with van der Waals surface area (Å²) in [5.41, 5.74) is 2.44. The van der Waals surface area contributed by atoms with Crippen LogP contribution in [0.2, 0.25) is 0 Å². The largest absolute Gasteiger partial charge is 0.392 e. The number of allylic oxidation sites excluding steroid dienone is 2. The van der Waals surface area contributed by atoms with Crippen molar-refractivity contribution in [1.82, 2.24) is 9.80 Å². The minimum atomic E-state index is 0.189. The second-order valence-electron chi connectivity index (χ2n) is 5.31. The molecule has 3 aliphatic rings. The first-order valence-electron chi connectivity index (χ1n) is 6.88. The second-order valence-corrected chi connectivity index (χ2v) is 5.31. The molecule has 0 spiro atoms. The molecule has 0 radical (unpaired) electrons. The predicted octanol–water partition coefficient (Wildman–Crippen LogP) is 1.36. The molecule has 2 fully saturated rings. The predicted molar refractivity (Wildman–Crippen MR) is 68.7 cm³/mol. The van der Waals surface area contributed by atoms with E-state index in [1.165, 1.54) is 31.6 Å². The van der Waals surface area contributed by atoms with Gasteiger partial charge in [-0.3, -0.25) is 4.90 Å². The zero-order valence-electron chi connectivity index (χ0n) is 10.4. The number of hydrogen-bond acceptors (Lipinski definition) is 3. The molecule has 1 saturated heterocycles. The van der Waals surface area contributed by atoms with Gasteiger partial charge in [-0.2, -0.15) is 0 Å². The fourth-order valence-corrected chi connectivity index (χ4v) is 2.96. The van der Waals surface area contributed by atoms with E-state index in [9.17, 15) is 5.11 Å². The average Bonchev–Trinajstić information content (AvgIpc) is 3.23. The van der Waals surface area contributed by atoms with E-state index in [0.29, 0.717) is 0 Å². The van der Waals surface area contributed by atoms with Crippen LogP contribution in [0.1, 0.15) is 25.7 Å². The lowest BCUT2D eigenvalue weighted by molar-refractivity contribution is 0.151. The normalized spacial score (nSPS) is 26.8. The van der Waals surface area contributed by atoms with Crippen molar-refractivity contribution in [3.8, 4) is 0 Å². The van der Waals surface area contributed by atoms with Crippen LogP contribution >= 0.6 is 0 Å². The molecular formula is C14H22N2O. The molecule has 3 heteroatoms. The Morgan fingerprint density at radius 1 is 1.06 bits per heavy atom. The van der Waals surface area contributed by atoms with Gasteiger partial charge in [0.05, 0.1) is 6.61 Å². The van der Waals surface area contributed by atoms with Crippen molar-refractivity contribution in [3.63, 3.8) is 0 Å². The smallest absolute Gasteiger partial charge is 0.0698 e. The Bertz CT molecular complexity index is 336. The van der Waals surface area contributed by atoms with Crippen LogP contribution in [0.25, 0.3) is 0 Å². The Hall–Kier alpha value is -0.800. The highest BCUT2D eigenvalue weighted by Crippen LogP contribution is 2.29. The van der Waals surface area contributed by atoms with Crippen LogP contribution in [0.3, 0.4) is 0 Å². The van der Waals surface area contributed by atoms with Gasteiger partial charge < -0.3 is 10.0 Å². The molecule has 0 aromatic rings. The summed E-state index contributed by atoms with van der Waals surface area (Å²) in [5.74, 6) is 0. The molecule has 0 bridgehead atoms. The molecule has 94 valence electrons. The van der Waals surface area contributed by atoms with E-state index >= 15 is 0 Å². The van der Waals surface area contributed by atoms with E-state index in [4.69, 9.17) is 0 Å². The van der Waals surface area contributed by atoms with E-state index in [1.54, 1.807) is 0 Å². The molecule has 1 saturated carbocycles. The van der Waals surface area contributed by atoms with Crippen molar-refractivity contribution in [2.75, 3.05) is 32.8 Å². The number of piperazine rings is 1. The van der Waals surface area contributed by atoms with Crippen LogP contribution in [0.4, 0.5) is 0 Å².